The Morgan fingerprint density at radius 2 is 1.54 bits per heavy atom. The summed E-state index contributed by atoms with van der Waals surface area (Å²) in [5.74, 6) is 2.75. The molecule has 0 saturated heterocycles. The van der Waals surface area contributed by atoms with Crippen LogP contribution in [-0.2, 0) is 4.79 Å². The molecule has 3 rings (SSSR count). The summed E-state index contributed by atoms with van der Waals surface area (Å²) in [5.41, 5.74) is 1.31. The summed E-state index contributed by atoms with van der Waals surface area (Å²) in [7, 11) is 4.68. The highest BCUT2D eigenvalue weighted by Crippen LogP contribution is 2.39. The van der Waals surface area contributed by atoms with Gasteiger partial charge >= 0.3 is 0 Å². The molecule has 1 amide bonds. The minimum absolute atomic E-state index is 0.488. The van der Waals surface area contributed by atoms with Crippen LogP contribution in [0.3, 0.4) is 0 Å². The van der Waals surface area contributed by atoms with Gasteiger partial charge in [0.25, 0.3) is 0 Å². The van der Waals surface area contributed by atoms with Gasteiger partial charge in [-0.05, 0) is 24.3 Å². The normalized spacial score (nSPS) is 10.3. The number of fused-ring (bicyclic) bond motifs is 1. The van der Waals surface area contributed by atoms with Crippen LogP contribution in [0.4, 0.5) is 5.69 Å². The van der Waals surface area contributed by atoms with Gasteiger partial charge < -0.3 is 24.3 Å². The average molecular weight is 354 g/mol. The van der Waals surface area contributed by atoms with E-state index in [1.54, 1.807) is 50.7 Å². The molecule has 3 aromatic rings. The van der Waals surface area contributed by atoms with Crippen LogP contribution >= 0.6 is 0 Å². The first kappa shape index (κ1) is 17.3. The number of amides is 1. The second-order valence-electron chi connectivity index (χ2n) is 5.26. The number of carbonyl (C=O) groups is 1. The largest absolute Gasteiger partial charge is 0.493 e. The van der Waals surface area contributed by atoms with Crippen molar-refractivity contribution in [1.29, 1.82) is 0 Å². The van der Waals surface area contributed by atoms with Crippen LogP contribution < -0.4 is 24.3 Å². The fraction of sp³-hybridized carbons (Fsp3) is 0.158. The Labute approximate surface area is 150 Å². The number of pyridine rings is 1. The van der Waals surface area contributed by atoms with Gasteiger partial charge in [-0.2, -0.15) is 0 Å². The maximum atomic E-state index is 10.6. The lowest BCUT2D eigenvalue weighted by molar-refractivity contribution is -0.105. The molecule has 2 aromatic carbocycles. The summed E-state index contributed by atoms with van der Waals surface area (Å²) in [6, 6.07) is 10.5. The van der Waals surface area contributed by atoms with E-state index in [-0.39, 0.29) is 0 Å². The molecule has 0 unspecified atom stereocenters. The molecule has 0 aliphatic heterocycles. The number of nitrogens with zero attached hydrogens (tertiary/aromatic N) is 1. The number of nitrogens with one attached hydrogen (secondary N) is 1. The number of carbonyl (C=O) groups excluding carboxylic acids is 1. The highest BCUT2D eigenvalue weighted by Gasteiger charge is 2.13. The van der Waals surface area contributed by atoms with Crippen molar-refractivity contribution in [1.82, 2.24) is 4.98 Å². The number of ether oxygens (including phenoxy) is 4. The Kier molecular flexibility index (Phi) is 5.07. The SMILES string of the molecule is COc1cc2nccc(Oc3ccc(NC=O)cc3OC)c2cc1OC. The first-order valence-electron chi connectivity index (χ1n) is 7.77. The summed E-state index contributed by atoms with van der Waals surface area (Å²) in [6.07, 6.45) is 2.25. The Hall–Kier alpha value is -3.48. The number of rotatable bonds is 7. The van der Waals surface area contributed by atoms with Crippen molar-refractivity contribution in [3.05, 3.63) is 42.6 Å². The average Bonchev–Trinajstić information content (AvgIpc) is 2.68. The number of hydrogen-bond donors (Lipinski definition) is 1. The highest BCUT2D eigenvalue weighted by atomic mass is 16.5. The molecule has 1 aromatic heterocycles. The summed E-state index contributed by atoms with van der Waals surface area (Å²) in [6.45, 7) is 0. The molecule has 0 aliphatic rings. The van der Waals surface area contributed by atoms with Crippen LogP contribution in [0, 0.1) is 0 Å². The topological polar surface area (TPSA) is 78.9 Å². The van der Waals surface area contributed by atoms with Crippen LogP contribution in [0.25, 0.3) is 10.9 Å². The lowest BCUT2D eigenvalue weighted by Gasteiger charge is -2.14. The van der Waals surface area contributed by atoms with Gasteiger partial charge in [0.1, 0.15) is 5.75 Å². The molecule has 0 atom stereocenters. The minimum Gasteiger partial charge on any atom is -0.493 e. The predicted molar refractivity (Wildman–Crippen MR) is 97.6 cm³/mol. The Morgan fingerprint density at radius 1 is 0.846 bits per heavy atom. The standard InChI is InChI=1S/C19H18N2O5/c1-23-17-8-12(21-11-22)4-5-16(17)26-15-6-7-20-14-10-19(25-3)18(24-2)9-13(14)15/h4-11H,1-3H3,(H,21,22). The molecule has 0 saturated carbocycles. The van der Waals surface area contributed by atoms with Crippen molar-refractivity contribution in [3.8, 4) is 28.7 Å². The third-order valence-electron chi connectivity index (χ3n) is 3.82. The van der Waals surface area contributed by atoms with Gasteiger partial charge in [-0.15, -0.1) is 0 Å². The fourth-order valence-corrected chi connectivity index (χ4v) is 2.56. The van der Waals surface area contributed by atoms with Crippen molar-refractivity contribution < 1.29 is 23.7 Å². The highest BCUT2D eigenvalue weighted by molar-refractivity contribution is 5.88. The van der Waals surface area contributed by atoms with Gasteiger partial charge in [0.05, 0.1) is 26.8 Å². The first-order chi connectivity index (χ1) is 12.7. The summed E-state index contributed by atoms with van der Waals surface area (Å²) < 4.78 is 22.1. The Morgan fingerprint density at radius 3 is 2.23 bits per heavy atom. The van der Waals surface area contributed by atoms with E-state index < -0.39 is 0 Å². The van der Waals surface area contributed by atoms with E-state index in [0.717, 1.165) is 5.39 Å². The van der Waals surface area contributed by atoms with E-state index in [0.29, 0.717) is 46.4 Å². The molecule has 134 valence electrons. The van der Waals surface area contributed by atoms with Crippen molar-refractivity contribution in [2.75, 3.05) is 26.6 Å². The summed E-state index contributed by atoms with van der Waals surface area (Å²) in [5, 5.41) is 3.34. The Bertz CT molecular complexity index is 943. The third-order valence-corrected chi connectivity index (χ3v) is 3.82. The van der Waals surface area contributed by atoms with E-state index in [9.17, 15) is 4.79 Å². The number of hydrogen-bond acceptors (Lipinski definition) is 6. The lowest BCUT2D eigenvalue weighted by Crippen LogP contribution is -1.97. The van der Waals surface area contributed by atoms with Gasteiger partial charge in [0.2, 0.25) is 6.41 Å². The molecular weight excluding hydrogens is 336 g/mol. The monoisotopic (exact) mass is 354 g/mol. The van der Waals surface area contributed by atoms with Gasteiger partial charge in [0.15, 0.2) is 23.0 Å². The van der Waals surface area contributed by atoms with Crippen molar-refractivity contribution in [3.63, 3.8) is 0 Å². The van der Waals surface area contributed by atoms with Crippen LogP contribution in [0.5, 0.6) is 28.7 Å². The molecule has 7 heteroatoms. The Balaban J connectivity index is 2.05. The van der Waals surface area contributed by atoms with Crippen LogP contribution in [0.1, 0.15) is 0 Å². The minimum atomic E-state index is 0.488. The molecule has 0 aliphatic carbocycles. The van der Waals surface area contributed by atoms with Gasteiger partial charge in [-0.25, -0.2) is 0 Å². The van der Waals surface area contributed by atoms with E-state index >= 15 is 0 Å². The maximum Gasteiger partial charge on any atom is 0.211 e. The zero-order chi connectivity index (χ0) is 18.5. The zero-order valence-electron chi connectivity index (χ0n) is 14.6. The van der Waals surface area contributed by atoms with Gasteiger partial charge in [0, 0.05) is 29.4 Å². The lowest BCUT2D eigenvalue weighted by atomic mass is 10.1. The number of benzene rings is 2. The van der Waals surface area contributed by atoms with Crippen LogP contribution in [-0.4, -0.2) is 32.7 Å². The molecule has 7 nitrogen and oxygen atoms in total. The fourth-order valence-electron chi connectivity index (χ4n) is 2.56. The van der Waals surface area contributed by atoms with Crippen molar-refractivity contribution in [2.24, 2.45) is 0 Å². The van der Waals surface area contributed by atoms with Crippen molar-refractivity contribution in [2.45, 2.75) is 0 Å². The third kappa shape index (κ3) is 3.32. The van der Waals surface area contributed by atoms with Crippen LogP contribution in [0.2, 0.25) is 0 Å². The second kappa shape index (κ2) is 7.60. The summed E-state index contributed by atoms with van der Waals surface area (Å²) in [4.78, 5) is 14.9. The maximum absolute atomic E-state index is 10.6. The number of anilines is 1. The van der Waals surface area contributed by atoms with Crippen molar-refractivity contribution >= 4 is 23.0 Å². The van der Waals surface area contributed by atoms with E-state index in [1.807, 2.05) is 6.07 Å². The smallest absolute Gasteiger partial charge is 0.211 e. The van der Waals surface area contributed by atoms with E-state index in [1.165, 1.54) is 7.11 Å². The molecule has 26 heavy (non-hydrogen) atoms. The quantitative estimate of drug-likeness (QED) is 0.653. The molecule has 1 heterocycles. The zero-order valence-corrected chi connectivity index (χ0v) is 14.6. The number of aromatic nitrogens is 1. The van der Waals surface area contributed by atoms with E-state index in [4.69, 9.17) is 18.9 Å². The van der Waals surface area contributed by atoms with Gasteiger partial charge in [-0.3, -0.25) is 9.78 Å². The molecular formula is C19H18N2O5. The summed E-state index contributed by atoms with van der Waals surface area (Å²) >= 11 is 0. The molecule has 1 N–H and O–H groups in total. The predicted octanol–water partition coefficient (Wildman–Crippen LogP) is 3.62. The molecule has 0 bridgehead atoms. The molecule has 0 fully saturated rings. The number of methoxy groups -OCH3 is 3. The van der Waals surface area contributed by atoms with E-state index in [2.05, 4.69) is 10.3 Å². The molecule has 0 radical (unpaired) electrons. The molecule has 0 spiro atoms. The first-order valence-corrected chi connectivity index (χ1v) is 7.77. The van der Waals surface area contributed by atoms with Crippen LogP contribution in [0.15, 0.2) is 42.6 Å². The van der Waals surface area contributed by atoms with Gasteiger partial charge in [-0.1, -0.05) is 0 Å². The second-order valence-corrected chi connectivity index (χ2v) is 5.26.